The van der Waals surface area contributed by atoms with Crippen molar-refractivity contribution >= 4 is 28.9 Å². The number of nitrogens with one attached hydrogen (secondary N) is 1. The molecule has 0 bridgehead atoms. The van der Waals surface area contributed by atoms with Crippen LogP contribution in [0, 0.1) is 0 Å². The topological polar surface area (TPSA) is 45.5 Å². The molecule has 1 aromatic carbocycles. The number of amides is 1. The average Bonchev–Trinajstić information content (AvgIpc) is 2.88. The number of anilines is 2. The molecule has 1 atom stereocenters. The lowest BCUT2D eigenvalue weighted by Crippen LogP contribution is -2.12. The van der Waals surface area contributed by atoms with Gasteiger partial charge >= 0.3 is 0 Å². The third kappa shape index (κ3) is 3.33. The number of carbonyl (C=O) groups is 1. The van der Waals surface area contributed by atoms with Crippen molar-refractivity contribution in [2.75, 3.05) is 24.3 Å². The van der Waals surface area contributed by atoms with E-state index in [1.165, 1.54) is 0 Å². The Hall–Kier alpha value is -1.94. The van der Waals surface area contributed by atoms with E-state index in [0.29, 0.717) is 5.76 Å². The normalized spacial score (nSPS) is 12.0. The fourth-order valence-electron chi connectivity index (χ4n) is 1.74. The molecule has 0 aliphatic carbocycles. The highest BCUT2D eigenvalue weighted by Gasteiger charge is 2.14. The van der Waals surface area contributed by atoms with E-state index in [0.717, 1.165) is 11.4 Å². The summed E-state index contributed by atoms with van der Waals surface area (Å²) in [5.41, 5.74) is 1.73. The fourth-order valence-corrected chi connectivity index (χ4v) is 1.86. The lowest BCUT2D eigenvalue weighted by molar-refractivity contribution is 0.0995. The molecule has 0 saturated carbocycles. The number of halogens is 1. The second-order valence-electron chi connectivity index (χ2n) is 4.72. The quantitative estimate of drug-likeness (QED) is 0.869. The van der Waals surface area contributed by atoms with Gasteiger partial charge in [0.2, 0.25) is 0 Å². The predicted octanol–water partition coefficient (Wildman–Crippen LogP) is 3.90. The number of nitrogens with zero attached hydrogens (tertiary/aromatic N) is 1. The molecular weight excluding hydrogens is 276 g/mol. The Morgan fingerprint density at radius 2 is 2.05 bits per heavy atom. The van der Waals surface area contributed by atoms with Gasteiger partial charge in [-0.2, -0.15) is 0 Å². The van der Waals surface area contributed by atoms with Gasteiger partial charge in [-0.1, -0.05) is 6.07 Å². The summed E-state index contributed by atoms with van der Waals surface area (Å²) in [5, 5.41) is 2.55. The number of rotatable bonds is 4. The van der Waals surface area contributed by atoms with Crippen LogP contribution in [0.4, 0.5) is 11.4 Å². The summed E-state index contributed by atoms with van der Waals surface area (Å²) < 4.78 is 5.40. The van der Waals surface area contributed by atoms with Gasteiger partial charge in [-0.25, -0.2) is 0 Å². The van der Waals surface area contributed by atoms with Gasteiger partial charge in [-0.05, 0) is 37.3 Å². The molecule has 0 radical (unpaired) electrons. The van der Waals surface area contributed by atoms with Crippen molar-refractivity contribution in [1.82, 2.24) is 0 Å². The first-order valence-electron chi connectivity index (χ1n) is 6.30. The molecule has 106 valence electrons. The molecule has 20 heavy (non-hydrogen) atoms. The second kappa shape index (κ2) is 6.01. The molecule has 1 unspecified atom stereocenters. The number of furan rings is 1. The van der Waals surface area contributed by atoms with Crippen LogP contribution in [-0.4, -0.2) is 20.0 Å². The van der Waals surface area contributed by atoms with E-state index in [9.17, 15) is 4.79 Å². The smallest absolute Gasteiger partial charge is 0.291 e. The van der Waals surface area contributed by atoms with Gasteiger partial charge in [0.1, 0.15) is 5.76 Å². The zero-order valence-electron chi connectivity index (χ0n) is 11.7. The summed E-state index contributed by atoms with van der Waals surface area (Å²) in [4.78, 5) is 14.0. The first-order valence-corrected chi connectivity index (χ1v) is 6.73. The zero-order chi connectivity index (χ0) is 14.7. The molecule has 0 saturated heterocycles. The Morgan fingerprint density at radius 3 is 2.65 bits per heavy atom. The Morgan fingerprint density at radius 1 is 1.30 bits per heavy atom. The van der Waals surface area contributed by atoms with Gasteiger partial charge < -0.3 is 14.6 Å². The van der Waals surface area contributed by atoms with Crippen LogP contribution in [0.15, 0.2) is 40.8 Å². The Kier molecular flexibility index (Phi) is 4.35. The van der Waals surface area contributed by atoms with Crippen molar-refractivity contribution in [2.45, 2.75) is 12.3 Å². The molecule has 1 heterocycles. The second-order valence-corrected chi connectivity index (χ2v) is 5.37. The standard InChI is InChI=1S/C15H17ClN2O2/c1-10(16)13-7-8-14(20-13)15(19)17-11-5-4-6-12(9-11)18(2)3/h4-10H,1-3H3,(H,17,19). The average molecular weight is 293 g/mol. The van der Waals surface area contributed by atoms with E-state index in [1.54, 1.807) is 19.1 Å². The molecular formula is C15H17ClN2O2. The monoisotopic (exact) mass is 292 g/mol. The van der Waals surface area contributed by atoms with Crippen LogP contribution in [0.5, 0.6) is 0 Å². The van der Waals surface area contributed by atoms with Crippen molar-refractivity contribution in [3.8, 4) is 0 Å². The summed E-state index contributed by atoms with van der Waals surface area (Å²) in [7, 11) is 3.89. The lowest BCUT2D eigenvalue weighted by Gasteiger charge is -2.13. The van der Waals surface area contributed by atoms with Gasteiger partial charge in [-0.15, -0.1) is 11.6 Å². The maximum Gasteiger partial charge on any atom is 0.291 e. The van der Waals surface area contributed by atoms with Crippen LogP contribution in [0.2, 0.25) is 0 Å². The van der Waals surface area contributed by atoms with E-state index in [4.69, 9.17) is 16.0 Å². The SMILES string of the molecule is CC(Cl)c1ccc(C(=O)Nc2cccc(N(C)C)c2)o1. The van der Waals surface area contributed by atoms with E-state index in [2.05, 4.69) is 5.32 Å². The summed E-state index contributed by atoms with van der Waals surface area (Å²) in [6, 6.07) is 10.9. The lowest BCUT2D eigenvalue weighted by atomic mass is 10.2. The van der Waals surface area contributed by atoms with Crippen LogP contribution >= 0.6 is 11.6 Å². The third-order valence-electron chi connectivity index (χ3n) is 2.86. The molecule has 2 aromatic rings. The summed E-state index contributed by atoms with van der Waals surface area (Å²) >= 11 is 5.91. The van der Waals surface area contributed by atoms with Crippen molar-refractivity contribution in [2.24, 2.45) is 0 Å². The zero-order valence-corrected chi connectivity index (χ0v) is 12.4. The molecule has 0 fully saturated rings. The van der Waals surface area contributed by atoms with Crippen LogP contribution < -0.4 is 10.2 Å². The number of hydrogen-bond acceptors (Lipinski definition) is 3. The minimum Gasteiger partial charge on any atom is -0.454 e. The van der Waals surface area contributed by atoms with Crippen LogP contribution in [0.1, 0.15) is 28.6 Å². The molecule has 0 spiro atoms. The van der Waals surface area contributed by atoms with Crippen molar-refractivity contribution < 1.29 is 9.21 Å². The van der Waals surface area contributed by atoms with Crippen LogP contribution in [-0.2, 0) is 0 Å². The van der Waals surface area contributed by atoms with Gasteiger partial charge in [0, 0.05) is 25.5 Å². The van der Waals surface area contributed by atoms with E-state index < -0.39 is 0 Å². The first kappa shape index (κ1) is 14.5. The molecule has 4 nitrogen and oxygen atoms in total. The third-order valence-corrected chi connectivity index (χ3v) is 3.08. The van der Waals surface area contributed by atoms with Gasteiger partial charge in [0.15, 0.2) is 5.76 Å². The minimum absolute atomic E-state index is 0.253. The number of benzene rings is 1. The van der Waals surface area contributed by atoms with Crippen molar-refractivity contribution in [3.05, 3.63) is 47.9 Å². The molecule has 0 aliphatic rings. The predicted molar refractivity (Wildman–Crippen MR) is 81.7 cm³/mol. The van der Waals surface area contributed by atoms with Crippen LogP contribution in [0.25, 0.3) is 0 Å². The van der Waals surface area contributed by atoms with Gasteiger partial charge in [0.05, 0.1) is 5.38 Å². The molecule has 5 heteroatoms. The Balaban J connectivity index is 2.12. The van der Waals surface area contributed by atoms with Crippen molar-refractivity contribution in [1.29, 1.82) is 0 Å². The highest BCUT2D eigenvalue weighted by atomic mass is 35.5. The van der Waals surface area contributed by atoms with Gasteiger partial charge in [-0.3, -0.25) is 4.79 Å². The summed E-state index contributed by atoms with van der Waals surface area (Å²) in [6.07, 6.45) is 0. The first-order chi connectivity index (χ1) is 9.47. The van der Waals surface area contributed by atoms with Crippen molar-refractivity contribution in [3.63, 3.8) is 0 Å². The van der Waals surface area contributed by atoms with E-state index in [1.807, 2.05) is 43.3 Å². The molecule has 0 aliphatic heterocycles. The highest BCUT2D eigenvalue weighted by Crippen LogP contribution is 2.23. The number of alkyl halides is 1. The van der Waals surface area contributed by atoms with Gasteiger partial charge in [0.25, 0.3) is 5.91 Å². The van der Waals surface area contributed by atoms with E-state index >= 15 is 0 Å². The molecule has 1 N–H and O–H groups in total. The minimum atomic E-state index is -0.288. The number of hydrogen-bond donors (Lipinski definition) is 1. The summed E-state index contributed by atoms with van der Waals surface area (Å²) in [6.45, 7) is 1.79. The molecule has 1 amide bonds. The maximum atomic E-state index is 12.1. The van der Waals surface area contributed by atoms with Crippen LogP contribution in [0.3, 0.4) is 0 Å². The summed E-state index contributed by atoms with van der Waals surface area (Å²) in [5.74, 6) is 0.547. The molecule has 2 rings (SSSR count). The molecule has 1 aromatic heterocycles. The maximum absolute atomic E-state index is 12.1. The Labute approximate surface area is 123 Å². The van der Waals surface area contributed by atoms with E-state index in [-0.39, 0.29) is 17.0 Å². The number of carbonyl (C=O) groups excluding carboxylic acids is 1. The fraction of sp³-hybridized carbons (Fsp3) is 0.267. The highest BCUT2D eigenvalue weighted by molar-refractivity contribution is 6.20. The largest absolute Gasteiger partial charge is 0.454 e. The Bertz CT molecular complexity index is 605.